The summed E-state index contributed by atoms with van der Waals surface area (Å²) in [6, 6.07) is 6.45. The molecular weight excluding hydrogens is 393 g/mol. The molecule has 3 rings (SSSR count). The highest BCUT2D eigenvalue weighted by molar-refractivity contribution is 8.23. The summed E-state index contributed by atoms with van der Waals surface area (Å²) in [6.07, 6.45) is -1.31. The van der Waals surface area contributed by atoms with Crippen LogP contribution in [0.15, 0.2) is 42.7 Å². The zero-order chi connectivity index (χ0) is 18.2. The van der Waals surface area contributed by atoms with Crippen LogP contribution in [-0.4, -0.2) is 25.1 Å². The van der Waals surface area contributed by atoms with E-state index in [2.05, 4.69) is 4.98 Å². The highest BCUT2D eigenvalue weighted by Gasteiger charge is 2.46. The van der Waals surface area contributed by atoms with E-state index in [0.29, 0.717) is 4.32 Å². The number of alkyl halides is 3. The Bertz CT molecular complexity index is 804. The molecule has 1 atom stereocenters. The van der Waals surface area contributed by atoms with Crippen molar-refractivity contribution in [3.05, 3.63) is 64.4 Å². The van der Waals surface area contributed by atoms with E-state index in [1.807, 2.05) is 0 Å². The molecule has 132 valence electrons. The molecule has 1 fully saturated rings. The average molecular weight is 405 g/mol. The smallest absolute Gasteiger partial charge is 0.366 e. The summed E-state index contributed by atoms with van der Waals surface area (Å²) < 4.78 is 39.6. The maximum Gasteiger partial charge on any atom is 0.416 e. The first-order valence-corrected chi connectivity index (χ1v) is 8.92. The Balaban J connectivity index is 2.03. The largest absolute Gasteiger partial charge is 0.416 e. The summed E-state index contributed by atoms with van der Waals surface area (Å²) in [5.74, 6) is 0.0904. The first-order valence-electron chi connectivity index (χ1n) is 7.15. The fourth-order valence-electron chi connectivity index (χ4n) is 2.57. The Hall–Kier alpha value is -1.35. The Morgan fingerprint density at radius 2 is 2.12 bits per heavy atom. The van der Waals surface area contributed by atoms with Gasteiger partial charge in [-0.15, -0.1) is 0 Å². The van der Waals surface area contributed by atoms with Gasteiger partial charge in [-0.3, -0.25) is 4.98 Å². The molecule has 1 aliphatic heterocycles. The van der Waals surface area contributed by atoms with Crippen LogP contribution in [0.2, 0.25) is 5.02 Å². The lowest BCUT2D eigenvalue weighted by Crippen LogP contribution is -2.44. The van der Waals surface area contributed by atoms with Crippen LogP contribution in [0.3, 0.4) is 0 Å². The predicted octanol–water partition coefficient (Wildman–Crippen LogP) is 4.43. The fraction of sp³-hybridized carbons (Fsp3) is 0.250. The number of hydrogen-bond acceptors (Lipinski definition) is 4. The van der Waals surface area contributed by atoms with Crippen molar-refractivity contribution in [3.8, 4) is 0 Å². The van der Waals surface area contributed by atoms with Crippen molar-refractivity contribution in [1.29, 1.82) is 0 Å². The minimum Gasteiger partial charge on any atom is -0.366 e. The van der Waals surface area contributed by atoms with Gasteiger partial charge in [-0.2, -0.15) is 13.2 Å². The van der Waals surface area contributed by atoms with Crippen molar-refractivity contribution in [2.24, 2.45) is 0 Å². The zero-order valence-corrected chi connectivity index (χ0v) is 15.0. The number of rotatable bonds is 3. The van der Waals surface area contributed by atoms with Gasteiger partial charge < -0.3 is 10.0 Å². The number of halogens is 4. The molecule has 1 aliphatic rings. The predicted molar refractivity (Wildman–Crippen MR) is 95.2 cm³/mol. The lowest BCUT2D eigenvalue weighted by molar-refractivity contribution is -0.137. The summed E-state index contributed by atoms with van der Waals surface area (Å²) >= 11 is 12.6. The number of nitrogens with zero attached hydrogens (tertiary/aromatic N) is 2. The third-order valence-electron chi connectivity index (χ3n) is 3.85. The molecule has 1 N–H and O–H groups in total. The molecule has 25 heavy (non-hydrogen) atoms. The van der Waals surface area contributed by atoms with E-state index < -0.39 is 17.5 Å². The summed E-state index contributed by atoms with van der Waals surface area (Å²) in [5, 5.41) is 11.2. The number of pyridine rings is 1. The second-order valence-corrected chi connectivity index (χ2v) is 7.53. The van der Waals surface area contributed by atoms with E-state index in [9.17, 15) is 18.3 Å². The van der Waals surface area contributed by atoms with Crippen molar-refractivity contribution in [2.75, 3.05) is 5.75 Å². The molecule has 1 aromatic heterocycles. The molecule has 1 aromatic carbocycles. The van der Waals surface area contributed by atoms with Crippen molar-refractivity contribution in [3.63, 3.8) is 0 Å². The van der Waals surface area contributed by atoms with Crippen LogP contribution in [0.5, 0.6) is 0 Å². The highest BCUT2D eigenvalue weighted by atomic mass is 35.5. The molecule has 0 radical (unpaired) electrons. The van der Waals surface area contributed by atoms with Crippen molar-refractivity contribution in [1.82, 2.24) is 9.88 Å². The van der Waals surface area contributed by atoms with E-state index in [0.717, 1.165) is 23.8 Å². The maximum atomic E-state index is 13.1. The number of aromatic nitrogens is 1. The highest BCUT2D eigenvalue weighted by Crippen LogP contribution is 2.44. The number of benzene rings is 1. The first-order chi connectivity index (χ1) is 11.7. The van der Waals surface area contributed by atoms with Crippen LogP contribution in [-0.2, 0) is 18.4 Å². The maximum absolute atomic E-state index is 13.1. The molecule has 0 saturated carbocycles. The Morgan fingerprint density at radius 3 is 2.76 bits per heavy atom. The van der Waals surface area contributed by atoms with Crippen molar-refractivity contribution >= 4 is 39.9 Å². The summed E-state index contributed by atoms with van der Waals surface area (Å²) in [5.41, 5.74) is -1.84. The Labute approximate surface area is 156 Å². The molecule has 1 unspecified atom stereocenters. The molecule has 0 spiro atoms. The summed E-state index contributed by atoms with van der Waals surface area (Å²) in [4.78, 5) is 5.48. The van der Waals surface area contributed by atoms with Gasteiger partial charge in [-0.1, -0.05) is 41.6 Å². The second-order valence-electron chi connectivity index (χ2n) is 5.51. The van der Waals surface area contributed by atoms with Gasteiger partial charge in [0.1, 0.15) is 4.32 Å². The third kappa shape index (κ3) is 3.62. The lowest BCUT2D eigenvalue weighted by Gasteiger charge is -2.35. The van der Waals surface area contributed by atoms with Gasteiger partial charge in [0.25, 0.3) is 0 Å². The molecule has 0 bridgehead atoms. The van der Waals surface area contributed by atoms with Gasteiger partial charge in [0.05, 0.1) is 11.3 Å². The van der Waals surface area contributed by atoms with Gasteiger partial charge in [0.15, 0.2) is 5.72 Å². The van der Waals surface area contributed by atoms with Crippen LogP contribution in [0, 0.1) is 0 Å². The number of thioether (sulfide) groups is 1. The summed E-state index contributed by atoms with van der Waals surface area (Å²) in [6.45, 7) is 0.211. The number of hydrogen-bond donors (Lipinski definition) is 1. The average Bonchev–Trinajstić information content (AvgIpc) is 2.84. The third-order valence-corrected chi connectivity index (χ3v) is 5.77. The van der Waals surface area contributed by atoms with Gasteiger partial charge >= 0.3 is 6.18 Å². The minimum atomic E-state index is -4.53. The Morgan fingerprint density at radius 1 is 1.36 bits per heavy atom. The Kier molecular flexibility index (Phi) is 4.98. The van der Waals surface area contributed by atoms with E-state index in [-0.39, 0.29) is 22.9 Å². The van der Waals surface area contributed by atoms with Crippen LogP contribution < -0.4 is 0 Å². The quantitative estimate of drug-likeness (QED) is 0.766. The van der Waals surface area contributed by atoms with E-state index in [4.69, 9.17) is 23.8 Å². The van der Waals surface area contributed by atoms with Crippen LogP contribution in [0.4, 0.5) is 13.2 Å². The van der Waals surface area contributed by atoms with Gasteiger partial charge in [-0.25, -0.2) is 0 Å². The SMILES string of the molecule is OC1(c2cc(C(F)(F)F)ccc2Cl)CSC(=S)N1Cc1cccnc1. The van der Waals surface area contributed by atoms with Crippen LogP contribution >= 0.6 is 35.6 Å². The molecule has 2 heterocycles. The van der Waals surface area contributed by atoms with Gasteiger partial charge in [-0.05, 0) is 29.8 Å². The normalized spacial score (nSPS) is 21.0. The number of aliphatic hydroxyl groups is 1. The van der Waals surface area contributed by atoms with E-state index in [1.165, 1.54) is 16.7 Å². The molecule has 0 aliphatic carbocycles. The fourth-order valence-corrected chi connectivity index (χ4v) is 4.24. The molecule has 3 nitrogen and oxygen atoms in total. The number of thiocarbonyl (C=S) groups is 1. The monoisotopic (exact) mass is 404 g/mol. The van der Waals surface area contributed by atoms with Crippen molar-refractivity contribution in [2.45, 2.75) is 18.4 Å². The van der Waals surface area contributed by atoms with E-state index >= 15 is 0 Å². The van der Waals surface area contributed by atoms with Crippen LogP contribution in [0.1, 0.15) is 16.7 Å². The minimum absolute atomic E-state index is 0.0137. The second kappa shape index (κ2) is 6.75. The standard InChI is InChI=1S/C16H12ClF3N2OS2/c17-13-4-3-11(16(18,19)20)6-12(13)15(23)9-25-14(24)22(15)8-10-2-1-5-21-7-10/h1-7,23H,8-9H2. The zero-order valence-electron chi connectivity index (χ0n) is 12.6. The van der Waals surface area contributed by atoms with Gasteiger partial charge in [0, 0.05) is 29.5 Å². The molecule has 1 saturated heterocycles. The molecule has 9 heteroatoms. The topological polar surface area (TPSA) is 36.4 Å². The molecular formula is C16H12ClF3N2OS2. The van der Waals surface area contributed by atoms with Gasteiger partial charge in [0.2, 0.25) is 0 Å². The first kappa shape index (κ1) is 18.4. The van der Waals surface area contributed by atoms with Crippen molar-refractivity contribution < 1.29 is 18.3 Å². The molecule has 0 amide bonds. The van der Waals surface area contributed by atoms with Crippen LogP contribution in [0.25, 0.3) is 0 Å². The van der Waals surface area contributed by atoms with E-state index in [1.54, 1.807) is 24.5 Å². The summed E-state index contributed by atoms with van der Waals surface area (Å²) in [7, 11) is 0. The molecule has 2 aromatic rings. The lowest BCUT2D eigenvalue weighted by atomic mass is 9.99.